The van der Waals surface area contributed by atoms with Gasteiger partial charge in [-0.15, -0.1) is 10.2 Å². The van der Waals surface area contributed by atoms with Crippen molar-refractivity contribution in [1.29, 1.82) is 0 Å². The Balaban J connectivity index is 1.94. The van der Waals surface area contributed by atoms with Crippen LogP contribution in [0.2, 0.25) is 5.15 Å². The van der Waals surface area contributed by atoms with E-state index in [9.17, 15) is 0 Å². The molecule has 0 fully saturated rings. The van der Waals surface area contributed by atoms with Crippen LogP contribution in [0.25, 0.3) is 5.65 Å². The SMILES string of the molecule is CCCCCCCCc1nnc2cc(Cl)nc(C)n12. The lowest BCUT2D eigenvalue weighted by atomic mass is 10.1. The fourth-order valence-electron chi connectivity index (χ4n) is 2.35. The monoisotopic (exact) mass is 280 g/mol. The third kappa shape index (κ3) is 3.66. The molecule has 0 aliphatic heterocycles. The first kappa shape index (κ1) is 14.3. The summed E-state index contributed by atoms with van der Waals surface area (Å²) in [5.41, 5.74) is 0.790. The predicted molar refractivity (Wildman–Crippen MR) is 77.6 cm³/mol. The maximum Gasteiger partial charge on any atom is 0.165 e. The number of fused-ring (bicyclic) bond motifs is 1. The van der Waals surface area contributed by atoms with Crippen molar-refractivity contribution in [1.82, 2.24) is 19.6 Å². The molecule has 0 saturated heterocycles. The smallest absolute Gasteiger partial charge is 0.165 e. The van der Waals surface area contributed by atoms with E-state index >= 15 is 0 Å². The van der Waals surface area contributed by atoms with E-state index in [1.807, 2.05) is 11.3 Å². The Morgan fingerprint density at radius 2 is 1.84 bits per heavy atom. The van der Waals surface area contributed by atoms with Crippen molar-refractivity contribution in [2.24, 2.45) is 0 Å². The molecule has 0 amide bonds. The lowest BCUT2D eigenvalue weighted by Crippen LogP contribution is -2.01. The van der Waals surface area contributed by atoms with Gasteiger partial charge in [0.2, 0.25) is 0 Å². The maximum absolute atomic E-state index is 5.92. The number of unbranched alkanes of at least 4 members (excludes halogenated alkanes) is 5. The second-order valence-electron chi connectivity index (χ2n) is 4.95. The lowest BCUT2D eigenvalue weighted by molar-refractivity contribution is 0.598. The normalized spacial score (nSPS) is 11.3. The zero-order valence-electron chi connectivity index (χ0n) is 11.7. The van der Waals surface area contributed by atoms with Crippen LogP contribution in [0.3, 0.4) is 0 Å². The summed E-state index contributed by atoms with van der Waals surface area (Å²) in [6.45, 7) is 4.18. The molecule has 0 bridgehead atoms. The summed E-state index contributed by atoms with van der Waals surface area (Å²) in [7, 11) is 0. The molecule has 0 atom stereocenters. The Morgan fingerprint density at radius 3 is 2.63 bits per heavy atom. The minimum Gasteiger partial charge on any atom is -0.267 e. The molecule has 0 aromatic carbocycles. The van der Waals surface area contributed by atoms with E-state index < -0.39 is 0 Å². The Hall–Kier alpha value is -1.16. The van der Waals surface area contributed by atoms with Crippen LogP contribution in [0.5, 0.6) is 0 Å². The molecule has 0 spiro atoms. The number of aromatic nitrogens is 4. The van der Waals surface area contributed by atoms with Crippen LogP contribution >= 0.6 is 11.6 Å². The topological polar surface area (TPSA) is 43.1 Å². The zero-order chi connectivity index (χ0) is 13.7. The fourth-order valence-corrected chi connectivity index (χ4v) is 2.57. The van der Waals surface area contributed by atoms with Crippen molar-refractivity contribution in [3.63, 3.8) is 0 Å². The van der Waals surface area contributed by atoms with Crippen LogP contribution in [0.1, 0.15) is 57.1 Å². The highest BCUT2D eigenvalue weighted by molar-refractivity contribution is 6.29. The average molecular weight is 281 g/mol. The lowest BCUT2D eigenvalue weighted by Gasteiger charge is -2.03. The molecule has 2 rings (SSSR count). The van der Waals surface area contributed by atoms with Crippen LogP contribution in [0.4, 0.5) is 0 Å². The van der Waals surface area contributed by atoms with E-state index in [0.717, 1.165) is 30.1 Å². The molecule has 4 nitrogen and oxygen atoms in total. The van der Waals surface area contributed by atoms with Crippen molar-refractivity contribution in [3.8, 4) is 0 Å². The van der Waals surface area contributed by atoms with E-state index in [1.165, 1.54) is 32.1 Å². The van der Waals surface area contributed by atoms with Gasteiger partial charge in [0.05, 0.1) is 0 Å². The first-order chi connectivity index (χ1) is 9.22. The van der Waals surface area contributed by atoms with Crippen molar-refractivity contribution in [3.05, 3.63) is 22.9 Å². The summed E-state index contributed by atoms with van der Waals surface area (Å²) in [4.78, 5) is 4.25. The number of nitrogens with zero attached hydrogens (tertiary/aromatic N) is 4. The van der Waals surface area contributed by atoms with Gasteiger partial charge in [0, 0.05) is 12.5 Å². The van der Waals surface area contributed by atoms with Crippen LogP contribution < -0.4 is 0 Å². The maximum atomic E-state index is 5.92. The molecular weight excluding hydrogens is 260 g/mol. The van der Waals surface area contributed by atoms with Gasteiger partial charge in [-0.2, -0.15) is 0 Å². The van der Waals surface area contributed by atoms with E-state index in [4.69, 9.17) is 11.6 Å². The molecule has 2 aromatic rings. The summed E-state index contributed by atoms with van der Waals surface area (Å²) in [5.74, 6) is 1.85. The summed E-state index contributed by atoms with van der Waals surface area (Å²) in [6, 6.07) is 1.76. The average Bonchev–Trinajstić information content (AvgIpc) is 2.77. The standard InChI is InChI=1S/C14H21ClN4/c1-3-4-5-6-7-8-9-13-17-18-14-10-12(15)16-11(2)19(13)14/h10H,3-9H2,1-2H3. The number of hydrogen-bond donors (Lipinski definition) is 0. The van der Waals surface area contributed by atoms with Gasteiger partial charge >= 0.3 is 0 Å². The Bertz CT molecular complexity index is 535. The Morgan fingerprint density at radius 1 is 1.11 bits per heavy atom. The fraction of sp³-hybridized carbons (Fsp3) is 0.643. The molecule has 2 aromatic heterocycles. The van der Waals surface area contributed by atoms with Crippen LogP contribution in [0, 0.1) is 6.92 Å². The van der Waals surface area contributed by atoms with Crippen molar-refractivity contribution >= 4 is 17.2 Å². The number of rotatable bonds is 7. The molecule has 19 heavy (non-hydrogen) atoms. The predicted octanol–water partition coefficient (Wildman–Crippen LogP) is 3.99. The van der Waals surface area contributed by atoms with Gasteiger partial charge in [-0.3, -0.25) is 4.40 Å². The van der Waals surface area contributed by atoms with Crippen molar-refractivity contribution in [2.45, 2.75) is 58.8 Å². The van der Waals surface area contributed by atoms with Gasteiger partial charge in [-0.25, -0.2) is 4.98 Å². The summed E-state index contributed by atoms with van der Waals surface area (Å²) >= 11 is 5.92. The van der Waals surface area contributed by atoms with Crippen LogP contribution in [0.15, 0.2) is 6.07 Å². The molecule has 0 radical (unpaired) electrons. The van der Waals surface area contributed by atoms with Gasteiger partial charge < -0.3 is 0 Å². The van der Waals surface area contributed by atoms with E-state index in [2.05, 4.69) is 22.1 Å². The van der Waals surface area contributed by atoms with E-state index in [1.54, 1.807) is 6.07 Å². The second-order valence-corrected chi connectivity index (χ2v) is 5.34. The van der Waals surface area contributed by atoms with E-state index in [-0.39, 0.29) is 0 Å². The molecule has 0 unspecified atom stereocenters. The molecule has 5 heteroatoms. The van der Waals surface area contributed by atoms with Gasteiger partial charge in [0.25, 0.3) is 0 Å². The van der Waals surface area contributed by atoms with E-state index in [0.29, 0.717) is 5.15 Å². The second kappa shape index (κ2) is 6.85. The molecule has 0 saturated carbocycles. The molecular formula is C14H21ClN4. The molecule has 2 heterocycles. The highest BCUT2D eigenvalue weighted by atomic mass is 35.5. The quantitative estimate of drug-likeness (QED) is 0.569. The third-order valence-electron chi connectivity index (χ3n) is 3.35. The molecule has 104 valence electrons. The first-order valence-electron chi connectivity index (χ1n) is 7.09. The van der Waals surface area contributed by atoms with Gasteiger partial charge in [-0.05, 0) is 13.3 Å². The Labute approximate surface area is 119 Å². The summed E-state index contributed by atoms with van der Waals surface area (Å²) in [6.07, 6.45) is 8.66. The minimum absolute atomic E-state index is 0.475. The molecule has 0 aliphatic carbocycles. The largest absolute Gasteiger partial charge is 0.267 e. The summed E-state index contributed by atoms with van der Waals surface area (Å²) < 4.78 is 2.00. The van der Waals surface area contributed by atoms with Gasteiger partial charge in [0.1, 0.15) is 16.8 Å². The third-order valence-corrected chi connectivity index (χ3v) is 3.54. The highest BCUT2D eigenvalue weighted by Crippen LogP contribution is 2.14. The zero-order valence-corrected chi connectivity index (χ0v) is 12.4. The number of aryl methyl sites for hydroxylation is 2. The summed E-state index contributed by atoms with van der Waals surface area (Å²) in [5, 5.41) is 8.88. The van der Waals surface area contributed by atoms with Crippen LogP contribution in [-0.4, -0.2) is 19.6 Å². The first-order valence-corrected chi connectivity index (χ1v) is 7.47. The van der Waals surface area contributed by atoms with Gasteiger partial charge in [-0.1, -0.05) is 50.6 Å². The van der Waals surface area contributed by atoms with Gasteiger partial charge in [0.15, 0.2) is 5.65 Å². The highest BCUT2D eigenvalue weighted by Gasteiger charge is 2.09. The molecule has 0 N–H and O–H groups in total. The van der Waals surface area contributed by atoms with Crippen molar-refractivity contribution in [2.75, 3.05) is 0 Å². The minimum atomic E-state index is 0.475. The van der Waals surface area contributed by atoms with Crippen molar-refractivity contribution < 1.29 is 0 Å². The number of halogens is 1. The number of hydrogen-bond acceptors (Lipinski definition) is 3. The molecule has 0 aliphatic rings. The Kier molecular flexibility index (Phi) is 5.14. The van der Waals surface area contributed by atoms with Crippen LogP contribution in [-0.2, 0) is 6.42 Å².